The third kappa shape index (κ3) is 7.98. The second-order valence-electron chi connectivity index (χ2n) is 8.61. The van der Waals surface area contributed by atoms with E-state index in [4.69, 9.17) is 0 Å². The van der Waals surface area contributed by atoms with Gasteiger partial charge in [-0.2, -0.15) is 0 Å². The topological polar surface area (TPSA) is 87.2 Å². The van der Waals surface area contributed by atoms with Crippen molar-refractivity contribution in [1.29, 1.82) is 0 Å². The SMILES string of the molecule is Cc1ccc(NC(=O)c2nnc(CCCC(=O)NCC[C@@H](C)N3CCCCCC3)s2)cc1. The summed E-state index contributed by atoms with van der Waals surface area (Å²) in [6.07, 6.45) is 8.05. The highest BCUT2D eigenvalue weighted by Gasteiger charge is 2.16. The number of benzene rings is 1. The molecule has 1 atom stereocenters. The van der Waals surface area contributed by atoms with Crippen LogP contribution in [-0.4, -0.2) is 52.6 Å². The van der Waals surface area contributed by atoms with Gasteiger partial charge >= 0.3 is 0 Å². The van der Waals surface area contributed by atoms with E-state index in [0.29, 0.717) is 30.3 Å². The lowest BCUT2D eigenvalue weighted by atomic mass is 10.2. The molecule has 1 aromatic heterocycles. The number of aryl methyl sites for hydroxylation is 2. The fraction of sp³-hybridized carbons (Fsp3) is 0.583. The molecule has 1 aliphatic rings. The largest absolute Gasteiger partial charge is 0.356 e. The summed E-state index contributed by atoms with van der Waals surface area (Å²) in [4.78, 5) is 27.1. The van der Waals surface area contributed by atoms with Gasteiger partial charge in [-0.05, 0) is 64.8 Å². The normalized spacial score (nSPS) is 15.7. The fourth-order valence-electron chi connectivity index (χ4n) is 3.90. The first-order chi connectivity index (χ1) is 15.5. The number of nitrogens with zero attached hydrogens (tertiary/aromatic N) is 3. The van der Waals surface area contributed by atoms with Crippen molar-refractivity contribution in [2.75, 3.05) is 25.0 Å². The molecule has 1 saturated heterocycles. The molecule has 8 heteroatoms. The maximum absolute atomic E-state index is 12.3. The van der Waals surface area contributed by atoms with Crippen molar-refractivity contribution < 1.29 is 9.59 Å². The van der Waals surface area contributed by atoms with Crippen molar-refractivity contribution in [2.45, 2.75) is 71.3 Å². The van der Waals surface area contributed by atoms with E-state index < -0.39 is 0 Å². The van der Waals surface area contributed by atoms with Crippen LogP contribution < -0.4 is 10.6 Å². The number of hydrogen-bond donors (Lipinski definition) is 2. The van der Waals surface area contributed by atoms with E-state index in [-0.39, 0.29) is 11.8 Å². The molecule has 0 bridgehead atoms. The Labute approximate surface area is 195 Å². The number of anilines is 1. The van der Waals surface area contributed by atoms with Gasteiger partial charge in [-0.15, -0.1) is 10.2 Å². The van der Waals surface area contributed by atoms with E-state index in [9.17, 15) is 9.59 Å². The smallest absolute Gasteiger partial charge is 0.286 e. The average molecular weight is 458 g/mol. The van der Waals surface area contributed by atoms with E-state index in [1.54, 1.807) is 0 Å². The second-order valence-corrected chi connectivity index (χ2v) is 9.67. The number of carbonyl (C=O) groups is 2. The van der Waals surface area contributed by atoms with E-state index in [1.165, 1.54) is 50.1 Å². The Balaban J connectivity index is 1.32. The van der Waals surface area contributed by atoms with Gasteiger partial charge in [-0.1, -0.05) is 41.9 Å². The van der Waals surface area contributed by atoms with E-state index >= 15 is 0 Å². The Morgan fingerprint density at radius 2 is 1.81 bits per heavy atom. The van der Waals surface area contributed by atoms with Crippen molar-refractivity contribution in [1.82, 2.24) is 20.4 Å². The second kappa shape index (κ2) is 12.6. The van der Waals surface area contributed by atoms with Crippen LogP contribution >= 0.6 is 11.3 Å². The lowest BCUT2D eigenvalue weighted by molar-refractivity contribution is -0.121. The summed E-state index contributed by atoms with van der Waals surface area (Å²) in [5.74, 6) is -0.177. The number of hydrogen-bond acceptors (Lipinski definition) is 6. The van der Waals surface area contributed by atoms with Crippen LogP contribution in [0.5, 0.6) is 0 Å². The Kier molecular flexibility index (Phi) is 9.62. The molecule has 3 rings (SSSR count). The first kappa shape index (κ1) is 24.3. The highest BCUT2D eigenvalue weighted by atomic mass is 32.1. The number of carbonyl (C=O) groups excluding carboxylic acids is 2. The zero-order chi connectivity index (χ0) is 22.8. The monoisotopic (exact) mass is 457 g/mol. The van der Waals surface area contributed by atoms with E-state index in [1.807, 2.05) is 31.2 Å². The fourth-order valence-corrected chi connectivity index (χ4v) is 4.67. The number of nitrogens with one attached hydrogen (secondary N) is 2. The van der Waals surface area contributed by atoms with Crippen molar-refractivity contribution in [3.8, 4) is 0 Å². The lowest BCUT2D eigenvalue weighted by Gasteiger charge is -2.27. The van der Waals surface area contributed by atoms with Crippen LogP contribution in [0.25, 0.3) is 0 Å². The summed E-state index contributed by atoms with van der Waals surface area (Å²) in [7, 11) is 0. The summed E-state index contributed by atoms with van der Waals surface area (Å²) in [5, 5.41) is 15.1. The van der Waals surface area contributed by atoms with Crippen molar-refractivity contribution >= 4 is 28.8 Å². The minimum absolute atomic E-state index is 0.0786. The summed E-state index contributed by atoms with van der Waals surface area (Å²) < 4.78 is 0. The van der Waals surface area contributed by atoms with Gasteiger partial charge in [0.15, 0.2) is 0 Å². The third-order valence-corrected chi connectivity index (χ3v) is 6.90. The predicted octanol–water partition coefficient (Wildman–Crippen LogP) is 4.19. The summed E-state index contributed by atoms with van der Waals surface area (Å²) in [5.41, 5.74) is 1.87. The molecule has 2 amide bonds. The van der Waals surface area contributed by atoms with Gasteiger partial charge in [-0.3, -0.25) is 9.59 Å². The van der Waals surface area contributed by atoms with Gasteiger partial charge in [0.2, 0.25) is 10.9 Å². The maximum atomic E-state index is 12.3. The Morgan fingerprint density at radius 1 is 1.09 bits per heavy atom. The van der Waals surface area contributed by atoms with Crippen LogP contribution in [-0.2, 0) is 11.2 Å². The predicted molar refractivity (Wildman–Crippen MR) is 129 cm³/mol. The minimum Gasteiger partial charge on any atom is -0.356 e. The van der Waals surface area contributed by atoms with Crippen LogP contribution in [0.2, 0.25) is 0 Å². The molecule has 1 aromatic carbocycles. The number of rotatable bonds is 10. The van der Waals surface area contributed by atoms with Crippen molar-refractivity contribution in [3.63, 3.8) is 0 Å². The lowest BCUT2D eigenvalue weighted by Crippen LogP contribution is -2.37. The maximum Gasteiger partial charge on any atom is 0.286 e. The molecule has 1 fully saturated rings. The zero-order valence-corrected chi connectivity index (χ0v) is 20.0. The van der Waals surface area contributed by atoms with Crippen LogP contribution in [0.4, 0.5) is 5.69 Å². The molecule has 7 nitrogen and oxygen atoms in total. The molecule has 2 heterocycles. The molecule has 0 radical (unpaired) electrons. The average Bonchev–Trinajstić information content (AvgIpc) is 3.08. The van der Waals surface area contributed by atoms with Gasteiger partial charge in [0, 0.05) is 31.1 Å². The number of aromatic nitrogens is 2. The van der Waals surface area contributed by atoms with E-state index in [0.717, 1.165) is 29.2 Å². The van der Waals surface area contributed by atoms with Crippen LogP contribution in [0, 0.1) is 6.92 Å². The quantitative estimate of drug-likeness (QED) is 0.559. The van der Waals surface area contributed by atoms with Crippen LogP contribution in [0.15, 0.2) is 24.3 Å². The molecule has 0 saturated carbocycles. The molecule has 174 valence electrons. The third-order valence-electron chi connectivity index (χ3n) is 5.91. The minimum atomic E-state index is -0.256. The first-order valence-corrected chi connectivity index (χ1v) is 12.5. The molecular formula is C24H35N5O2S. The van der Waals surface area contributed by atoms with Gasteiger partial charge < -0.3 is 15.5 Å². The number of amides is 2. The summed E-state index contributed by atoms with van der Waals surface area (Å²) in [6, 6.07) is 8.13. The van der Waals surface area contributed by atoms with Gasteiger partial charge in [0.25, 0.3) is 5.91 Å². The highest BCUT2D eigenvalue weighted by molar-refractivity contribution is 7.13. The Bertz CT molecular complexity index is 860. The van der Waals surface area contributed by atoms with Crippen LogP contribution in [0.3, 0.4) is 0 Å². The Hall–Kier alpha value is -2.32. The number of likely N-dealkylation sites (tertiary alicyclic amines) is 1. The van der Waals surface area contributed by atoms with Gasteiger partial charge in [0.1, 0.15) is 5.01 Å². The Morgan fingerprint density at radius 3 is 2.53 bits per heavy atom. The molecule has 0 spiro atoms. The summed E-state index contributed by atoms with van der Waals surface area (Å²) in [6.45, 7) is 7.35. The molecule has 1 aliphatic heterocycles. The molecule has 2 N–H and O–H groups in total. The van der Waals surface area contributed by atoms with Crippen LogP contribution in [0.1, 0.15) is 72.2 Å². The summed E-state index contributed by atoms with van der Waals surface area (Å²) >= 11 is 1.28. The molecular weight excluding hydrogens is 422 g/mol. The van der Waals surface area contributed by atoms with Gasteiger partial charge in [0.05, 0.1) is 0 Å². The molecule has 32 heavy (non-hydrogen) atoms. The zero-order valence-electron chi connectivity index (χ0n) is 19.2. The molecule has 0 unspecified atom stereocenters. The highest BCUT2D eigenvalue weighted by Crippen LogP contribution is 2.16. The molecule has 2 aromatic rings. The van der Waals surface area contributed by atoms with Crippen molar-refractivity contribution in [3.05, 3.63) is 39.8 Å². The van der Waals surface area contributed by atoms with Crippen molar-refractivity contribution in [2.24, 2.45) is 0 Å². The first-order valence-electron chi connectivity index (χ1n) is 11.7. The molecule has 0 aliphatic carbocycles. The van der Waals surface area contributed by atoms with E-state index in [2.05, 4.69) is 32.7 Å². The van der Waals surface area contributed by atoms with Gasteiger partial charge in [-0.25, -0.2) is 0 Å². The standard InChI is InChI=1S/C24H35N5O2S/c1-18-10-12-20(13-11-18)26-23(31)24-28-27-22(32-24)9-7-8-21(30)25-15-14-19(2)29-16-5-3-4-6-17-29/h10-13,19H,3-9,14-17H2,1-2H3,(H,25,30)(H,26,31)/t19-/m1/s1.